The average Bonchev–Trinajstić information content (AvgIpc) is 2.46. The molecule has 0 saturated heterocycles. The van der Waals surface area contributed by atoms with Gasteiger partial charge in [-0.2, -0.15) is 11.8 Å². The number of hydrogen-bond acceptors (Lipinski definition) is 2. The lowest BCUT2D eigenvalue weighted by Crippen LogP contribution is -2.31. The van der Waals surface area contributed by atoms with E-state index in [2.05, 4.69) is 6.92 Å². The van der Waals surface area contributed by atoms with Crippen LogP contribution in [0.2, 0.25) is 0 Å². The molecule has 0 bridgehead atoms. The fourth-order valence-electron chi connectivity index (χ4n) is 2.00. The van der Waals surface area contributed by atoms with Crippen LogP contribution in [0.4, 0.5) is 4.39 Å². The minimum atomic E-state index is -0.236. The quantitative estimate of drug-likeness (QED) is 0.640. The first-order chi connectivity index (χ1) is 9.67. The molecule has 1 aromatic rings. The Kier molecular flexibility index (Phi) is 8.35. The van der Waals surface area contributed by atoms with E-state index in [1.165, 1.54) is 12.1 Å². The molecule has 0 aliphatic rings. The van der Waals surface area contributed by atoms with Crippen molar-refractivity contribution in [2.45, 2.75) is 39.2 Å². The van der Waals surface area contributed by atoms with Gasteiger partial charge < -0.3 is 4.90 Å². The van der Waals surface area contributed by atoms with Gasteiger partial charge in [-0.05, 0) is 30.4 Å². The predicted molar refractivity (Wildman–Crippen MR) is 84.3 cm³/mol. The topological polar surface area (TPSA) is 20.3 Å². The van der Waals surface area contributed by atoms with Gasteiger partial charge >= 0.3 is 0 Å². The highest BCUT2D eigenvalue weighted by atomic mass is 32.2. The van der Waals surface area contributed by atoms with Crippen LogP contribution >= 0.6 is 11.8 Å². The van der Waals surface area contributed by atoms with Gasteiger partial charge in [0.15, 0.2) is 0 Å². The zero-order valence-electron chi connectivity index (χ0n) is 12.4. The highest BCUT2D eigenvalue weighted by Gasteiger charge is 2.13. The minimum absolute atomic E-state index is 0.194. The number of amides is 1. The number of rotatable bonds is 9. The molecule has 0 radical (unpaired) electrons. The second-order valence-corrected chi connectivity index (χ2v) is 5.88. The predicted octanol–water partition coefficient (Wildman–Crippen LogP) is 4.10. The molecule has 0 spiro atoms. The van der Waals surface area contributed by atoms with Crippen LogP contribution in [0, 0.1) is 5.82 Å². The van der Waals surface area contributed by atoms with Crippen molar-refractivity contribution in [2.75, 3.05) is 18.6 Å². The molecular formula is C16H24FNOS. The summed E-state index contributed by atoms with van der Waals surface area (Å²) in [7, 11) is 0. The van der Waals surface area contributed by atoms with Crippen LogP contribution in [0.25, 0.3) is 0 Å². The van der Waals surface area contributed by atoms with E-state index in [1.54, 1.807) is 23.9 Å². The van der Waals surface area contributed by atoms with Gasteiger partial charge in [0.25, 0.3) is 0 Å². The number of unbranched alkanes of at least 4 members (excludes halogenated alkanes) is 2. The fourth-order valence-corrected chi connectivity index (χ4v) is 2.38. The van der Waals surface area contributed by atoms with Crippen LogP contribution in [-0.4, -0.2) is 29.4 Å². The Bertz CT molecular complexity index is 394. The van der Waals surface area contributed by atoms with Crippen molar-refractivity contribution in [3.05, 3.63) is 35.6 Å². The lowest BCUT2D eigenvalue weighted by atomic mass is 10.2. The molecule has 20 heavy (non-hydrogen) atoms. The number of thioether (sulfide) groups is 1. The van der Waals surface area contributed by atoms with E-state index in [0.717, 1.165) is 37.1 Å². The number of nitrogens with zero attached hydrogens (tertiary/aromatic N) is 1. The number of carbonyl (C=O) groups excluding carboxylic acids is 1. The molecular weight excluding hydrogens is 273 g/mol. The van der Waals surface area contributed by atoms with E-state index in [4.69, 9.17) is 0 Å². The summed E-state index contributed by atoms with van der Waals surface area (Å²) < 4.78 is 12.9. The van der Waals surface area contributed by atoms with Gasteiger partial charge in [-0.25, -0.2) is 4.39 Å². The van der Waals surface area contributed by atoms with Gasteiger partial charge in [-0.15, -0.1) is 0 Å². The lowest BCUT2D eigenvalue weighted by Gasteiger charge is -2.23. The third kappa shape index (κ3) is 6.42. The zero-order valence-corrected chi connectivity index (χ0v) is 13.2. The first-order valence-electron chi connectivity index (χ1n) is 7.18. The lowest BCUT2D eigenvalue weighted by molar-refractivity contribution is -0.131. The minimum Gasteiger partial charge on any atom is -0.338 e. The van der Waals surface area contributed by atoms with Gasteiger partial charge in [0.05, 0.1) is 0 Å². The summed E-state index contributed by atoms with van der Waals surface area (Å²) in [5.41, 5.74) is 0.986. The Morgan fingerprint density at radius 1 is 1.25 bits per heavy atom. The maximum Gasteiger partial charge on any atom is 0.223 e. The van der Waals surface area contributed by atoms with Gasteiger partial charge in [-0.1, -0.05) is 31.9 Å². The summed E-state index contributed by atoms with van der Waals surface area (Å²) in [5.74, 6) is 0.812. The highest BCUT2D eigenvalue weighted by Crippen LogP contribution is 2.11. The van der Waals surface area contributed by atoms with Crippen molar-refractivity contribution < 1.29 is 9.18 Å². The maximum absolute atomic E-state index is 12.9. The molecule has 0 aromatic heterocycles. The average molecular weight is 297 g/mol. The van der Waals surface area contributed by atoms with Gasteiger partial charge in [0.2, 0.25) is 5.91 Å². The van der Waals surface area contributed by atoms with Gasteiger partial charge in [0.1, 0.15) is 5.82 Å². The molecule has 0 aliphatic heterocycles. The first-order valence-corrected chi connectivity index (χ1v) is 8.58. The summed E-state index contributed by atoms with van der Waals surface area (Å²) in [6.45, 7) is 3.52. The molecule has 1 amide bonds. The smallest absolute Gasteiger partial charge is 0.223 e. The van der Waals surface area contributed by atoms with Crippen molar-refractivity contribution in [1.29, 1.82) is 0 Å². The van der Waals surface area contributed by atoms with Crippen LogP contribution in [0.15, 0.2) is 24.3 Å². The summed E-state index contributed by atoms with van der Waals surface area (Å²) in [6.07, 6.45) is 5.89. The monoisotopic (exact) mass is 297 g/mol. The summed E-state index contributed by atoms with van der Waals surface area (Å²) in [5, 5.41) is 0. The molecule has 2 nitrogen and oxygen atoms in total. The molecule has 0 atom stereocenters. The number of benzene rings is 1. The first kappa shape index (κ1) is 17.0. The molecule has 0 unspecified atom stereocenters. The Morgan fingerprint density at radius 3 is 2.55 bits per heavy atom. The number of halogens is 1. The second-order valence-electron chi connectivity index (χ2n) is 4.89. The van der Waals surface area contributed by atoms with Crippen molar-refractivity contribution in [3.8, 4) is 0 Å². The van der Waals surface area contributed by atoms with E-state index >= 15 is 0 Å². The Labute approximate surface area is 125 Å². The fraction of sp³-hybridized carbons (Fsp3) is 0.562. The molecule has 1 aromatic carbocycles. The van der Waals surface area contributed by atoms with E-state index in [1.807, 2.05) is 11.2 Å². The number of carbonyl (C=O) groups is 1. The molecule has 0 saturated carbocycles. The van der Waals surface area contributed by atoms with Gasteiger partial charge in [-0.3, -0.25) is 4.79 Å². The summed E-state index contributed by atoms with van der Waals surface area (Å²) in [4.78, 5) is 14.1. The van der Waals surface area contributed by atoms with Crippen molar-refractivity contribution in [2.24, 2.45) is 0 Å². The van der Waals surface area contributed by atoms with Crippen molar-refractivity contribution in [3.63, 3.8) is 0 Å². The molecule has 0 fully saturated rings. The number of hydrogen-bond donors (Lipinski definition) is 0. The van der Waals surface area contributed by atoms with E-state index in [-0.39, 0.29) is 11.7 Å². The van der Waals surface area contributed by atoms with E-state index in [0.29, 0.717) is 13.0 Å². The van der Waals surface area contributed by atoms with Gasteiger partial charge in [0, 0.05) is 25.3 Å². The maximum atomic E-state index is 12.9. The molecule has 0 heterocycles. The third-order valence-corrected chi connectivity index (χ3v) is 3.80. The Morgan fingerprint density at radius 2 is 1.95 bits per heavy atom. The molecule has 0 aliphatic carbocycles. The normalized spacial score (nSPS) is 10.6. The highest BCUT2D eigenvalue weighted by molar-refractivity contribution is 7.98. The van der Waals surface area contributed by atoms with Crippen molar-refractivity contribution in [1.82, 2.24) is 4.90 Å². The molecule has 112 valence electrons. The van der Waals surface area contributed by atoms with Crippen LogP contribution < -0.4 is 0 Å². The van der Waals surface area contributed by atoms with E-state index < -0.39 is 0 Å². The van der Waals surface area contributed by atoms with Crippen LogP contribution in [0.1, 0.15) is 38.2 Å². The molecule has 1 rings (SSSR count). The van der Waals surface area contributed by atoms with Crippen LogP contribution in [-0.2, 0) is 11.3 Å². The Balaban J connectivity index is 2.60. The summed E-state index contributed by atoms with van der Waals surface area (Å²) >= 11 is 1.69. The molecule has 4 heteroatoms. The summed E-state index contributed by atoms with van der Waals surface area (Å²) in [6, 6.07) is 6.41. The van der Waals surface area contributed by atoms with E-state index in [9.17, 15) is 9.18 Å². The third-order valence-electron chi connectivity index (χ3n) is 3.19. The zero-order chi connectivity index (χ0) is 14.8. The van der Waals surface area contributed by atoms with Crippen LogP contribution in [0.3, 0.4) is 0 Å². The SMILES string of the molecule is CCCCCN(Cc1ccc(F)cc1)C(=O)CCSC. The molecule has 0 N–H and O–H groups in total. The van der Waals surface area contributed by atoms with Crippen LogP contribution in [0.5, 0.6) is 0 Å². The second kappa shape index (κ2) is 9.81. The van der Waals surface area contributed by atoms with Crippen molar-refractivity contribution >= 4 is 17.7 Å². The standard InChI is InChI=1S/C16H24FNOS/c1-3-4-5-11-18(16(19)10-12-20-2)13-14-6-8-15(17)9-7-14/h6-9H,3-5,10-13H2,1-2H3. The largest absolute Gasteiger partial charge is 0.338 e. The Hall–Kier alpha value is -1.03.